The van der Waals surface area contributed by atoms with Crippen LogP contribution in [0.25, 0.3) is 0 Å². The van der Waals surface area contributed by atoms with Crippen LogP contribution in [0.15, 0.2) is 42.6 Å². The summed E-state index contributed by atoms with van der Waals surface area (Å²) in [6.45, 7) is 3.94. The number of hydrogen-bond donors (Lipinski definition) is 0. The molecule has 0 saturated carbocycles. The molecule has 1 aromatic heterocycles. The fraction of sp³-hybridized carbons (Fsp3) is 0.429. The van der Waals surface area contributed by atoms with Crippen molar-refractivity contribution in [3.05, 3.63) is 65.2 Å². The van der Waals surface area contributed by atoms with Crippen LogP contribution in [0.1, 0.15) is 34.5 Å². The molecule has 5 heteroatoms. The first-order chi connectivity index (χ1) is 12.6. The second kappa shape index (κ2) is 7.25. The van der Waals surface area contributed by atoms with E-state index in [0.717, 1.165) is 25.6 Å². The highest BCUT2D eigenvalue weighted by Gasteiger charge is 2.41. The second-order valence-corrected chi connectivity index (χ2v) is 7.35. The molecule has 0 N–H and O–H groups in total. The average Bonchev–Trinajstić information content (AvgIpc) is 2.62. The summed E-state index contributed by atoms with van der Waals surface area (Å²) in [6, 6.07) is 12.3. The summed E-state index contributed by atoms with van der Waals surface area (Å²) in [5.74, 6) is -0.432. The van der Waals surface area contributed by atoms with Crippen molar-refractivity contribution < 1.29 is 13.9 Å². The predicted octanol–water partition coefficient (Wildman–Crippen LogP) is 3.39. The van der Waals surface area contributed by atoms with E-state index in [2.05, 4.69) is 34.1 Å². The van der Waals surface area contributed by atoms with E-state index in [1.54, 1.807) is 6.92 Å². The molecule has 0 amide bonds. The van der Waals surface area contributed by atoms with Crippen molar-refractivity contribution in [2.75, 3.05) is 13.2 Å². The summed E-state index contributed by atoms with van der Waals surface area (Å²) in [4.78, 5) is 19.5. The normalized spacial score (nSPS) is 25.8. The molecule has 0 radical (unpaired) electrons. The quantitative estimate of drug-likeness (QED) is 0.790. The van der Waals surface area contributed by atoms with E-state index >= 15 is 0 Å². The molecule has 136 valence electrons. The zero-order chi connectivity index (χ0) is 18.1. The third-order valence-electron chi connectivity index (χ3n) is 5.53. The van der Waals surface area contributed by atoms with Gasteiger partial charge in [0.1, 0.15) is 11.5 Å². The Hall–Kier alpha value is -2.11. The van der Waals surface area contributed by atoms with Gasteiger partial charge in [-0.3, -0.25) is 9.69 Å². The van der Waals surface area contributed by atoms with Gasteiger partial charge < -0.3 is 4.74 Å². The van der Waals surface area contributed by atoms with Crippen molar-refractivity contribution in [3.63, 3.8) is 0 Å². The number of aromatic nitrogens is 1. The van der Waals surface area contributed by atoms with Gasteiger partial charge in [-0.05, 0) is 37.0 Å². The van der Waals surface area contributed by atoms with E-state index in [9.17, 15) is 9.18 Å². The second-order valence-electron chi connectivity index (χ2n) is 7.35. The molecule has 2 aromatic rings. The number of carbonyl (C=O) groups excluding carboxylic acids is 1. The molecule has 0 aliphatic carbocycles. The van der Waals surface area contributed by atoms with Gasteiger partial charge in [0.15, 0.2) is 5.78 Å². The largest absolute Gasteiger partial charge is 0.378 e. The number of nitrogens with zero attached hydrogens (tertiary/aromatic N) is 2. The Kier molecular flexibility index (Phi) is 4.83. The van der Waals surface area contributed by atoms with Crippen molar-refractivity contribution >= 4 is 5.78 Å². The molecule has 2 saturated heterocycles. The van der Waals surface area contributed by atoms with Crippen molar-refractivity contribution in [1.82, 2.24) is 9.88 Å². The van der Waals surface area contributed by atoms with E-state index < -0.39 is 5.82 Å². The minimum absolute atomic E-state index is 0.0405. The highest BCUT2D eigenvalue weighted by molar-refractivity contribution is 5.97. The van der Waals surface area contributed by atoms with Gasteiger partial charge in [-0.25, -0.2) is 9.37 Å². The number of hydrogen-bond acceptors (Lipinski definition) is 4. The number of ketones is 1. The minimum Gasteiger partial charge on any atom is -0.378 e. The number of benzene rings is 1. The first-order valence-corrected chi connectivity index (χ1v) is 9.15. The Balaban J connectivity index is 1.51. The molecular formula is C21H23FN2O2. The monoisotopic (exact) mass is 354 g/mol. The molecule has 3 heterocycles. The Morgan fingerprint density at radius 1 is 1.23 bits per heavy atom. The zero-order valence-electron chi connectivity index (χ0n) is 14.9. The average molecular weight is 354 g/mol. The number of Topliss-reactive ketones (excluding diaryl/α,β-unsaturated/α-hetero) is 1. The van der Waals surface area contributed by atoms with Gasteiger partial charge in [0, 0.05) is 24.5 Å². The van der Waals surface area contributed by atoms with Crippen LogP contribution < -0.4 is 0 Å². The molecule has 2 fully saturated rings. The first-order valence-electron chi connectivity index (χ1n) is 9.15. The van der Waals surface area contributed by atoms with Crippen LogP contribution in [0.3, 0.4) is 0 Å². The number of piperidine rings is 1. The molecule has 2 aliphatic heterocycles. The Labute approximate surface area is 153 Å². The lowest BCUT2D eigenvalue weighted by Gasteiger charge is -2.48. The Morgan fingerprint density at radius 2 is 1.92 bits per heavy atom. The smallest absolute Gasteiger partial charge is 0.184 e. The maximum absolute atomic E-state index is 13.3. The van der Waals surface area contributed by atoms with Crippen LogP contribution in [0.2, 0.25) is 0 Å². The standard InChI is InChI=1S/C21H23FN2O2/c1-14-7-17(22)10-23-20(14)21(25)16-8-18-12-26-13-19(9-16)24(18)11-15-5-3-2-4-6-15/h2-7,10,16,18-19H,8-9,11-13H2,1H3. The van der Waals surface area contributed by atoms with Gasteiger partial charge in [0.2, 0.25) is 0 Å². The van der Waals surface area contributed by atoms with Crippen LogP contribution in [-0.4, -0.2) is 41.0 Å². The minimum atomic E-state index is -0.401. The molecule has 2 bridgehead atoms. The molecule has 2 aliphatic rings. The van der Waals surface area contributed by atoms with Gasteiger partial charge in [0.25, 0.3) is 0 Å². The lowest BCUT2D eigenvalue weighted by atomic mass is 9.81. The van der Waals surface area contributed by atoms with Crippen molar-refractivity contribution in [3.8, 4) is 0 Å². The van der Waals surface area contributed by atoms with Gasteiger partial charge >= 0.3 is 0 Å². The van der Waals surface area contributed by atoms with Gasteiger partial charge in [-0.1, -0.05) is 30.3 Å². The summed E-state index contributed by atoms with van der Waals surface area (Å²) in [6.07, 6.45) is 2.66. The van der Waals surface area contributed by atoms with Gasteiger partial charge in [-0.15, -0.1) is 0 Å². The van der Waals surface area contributed by atoms with E-state index in [1.165, 1.54) is 11.6 Å². The van der Waals surface area contributed by atoms with Crippen LogP contribution in [0.5, 0.6) is 0 Å². The number of aryl methyl sites for hydroxylation is 1. The molecule has 2 atom stereocenters. The lowest BCUT2D eigenvalue weighted by Crippen LogP contribution is -2.57. The summed E-state index contributed by atoms with van der Waals surface area (Å²) in [5, 5.41) is 0. The Bertz CT molecular complexity index is 782. The lowest BCUT2D eigenvalue weighted by molar-refractivity contribution is -0.0873. The molecule has 1 aromatic carbocycles. The topological polar surface area (TPSA) is 42.4 Å². The van der Waals surface area contributed by atoms with Crippen molar-refractivity contribution in [1.29, 1.82) is 0 Å². The van der Waals surface area contributed by atoms with Crippen molar-refractivity contribution in [2.24, 2.45) is 5.92 Å². The molecule has 2 unspecified atom stereocenters. The third kappa shape index (κ3) is 3.41. The SMILES string of the molecule is Cc1cc(F)cnc1C(=O)C1CC2COCC(C1)N2Cc1ccccc1. The fourth-order valence-corrected chi connectivity index (χ4v) is 4.25. The number of halogens is 1. The number of carbonyl (C=O) groups is 1. The van der Waals surface area contributed by atoms with Crippen LogP contribution in [0, 0.1) is 18.7 Å². The predicted molar refractivity (Wildman–Crippen MR) is 96.4 cm³/mol. The van der Waals surface area contributed by atoms with Crippen LogP contribution in [0.4, 0.5) is 4.39 Å². The van der Waals surface area contributed by atoms with Gasteiger partial charge in [-0.2, -0.15) is 0 Å². The third-order valence-corrected chi connectivity index (χ3v) is 5.53. The van der Waals surface area contributed by atoms with E-state index in [4.69, 9.17) is 4.74 Å². The maximum Gasteiger partial charge on any atom is 0.184 e. The zero-order valence-corrected chi connectivity index (χ0v) is 14.9. The number of rotatable bonds is 4. The number of fused-ring (bicyclic) bond motifs is 2. The first kappa shape index (κ1) is 17.3. The van der Waals surface area contributed by atoms with E-state index in [0.29, 0.717) is 24.5 Å². The van der Waals surface area contributed by atoms with E-state index in [1.807, 2.05) is 6.07 Å². The van der Waals surface area contributed by atoms with Crippen LogP contribution in [-0.2, 0) is 11.3 Å². The molecular weight excluding hydrogens is 331 g/mol. The van der Waals surface area contributed by atoms with E-state index in [-0.39, 0.29) is 23.8 Å². The fourth-order valence-electron chi connectivity index (χ4n) is 4.25. The molecule has 4 rings (SSSR count). The molecule has 26 heavy (non-hydrogen) atoms. The summed E-state index contributed by atoms with van der Waals surface area (Å²) in [7, 11) is 0. The Morgan fingerprint density at radius 3 is 2.58 bits per heavy atom. The summed E-state index contributed by atoms with van der Waals surface area (Å²) < 4.78 is 19.1. The van der Waals surface area contributed by atoms with Crippen molar-refractivity contribution in [2.45, 2.75) is 38.4 Å². The number of pyridine rings is 1. The highest BCUT2D eigenvalue weighted by atomic mass is 19.1. The highest BCUT2D eigenvalue weighted by Crippen LogP contribution is 2.34. The summed E-state index contributed by atoms with van der Waals surface area (Å²) >= 11 is 0. The number of ether oxygens (including phenoxy) is 1. The maximum atomic E-state index is 13.3. The molecule has 0 spiro atoms. The van der Waals surface area contributed by atoms with Gasteiger partial charge in [0.05, 0.1) is 19.4 Å². The number of morpholine rings is 1. The molecule has 4 nitrogen and oxygen atoms in total. The summed E-state index contributed by atoms with van der Waals surface area (Å²) in [5.41, 5.74) is 2.31. The van der Waals surface area contributed by atoms with Crippen LogP contribution >= 0.6 is 0 Å².